The first-order valence-corrected chi connectivity index (χ1v) is 3.55. The van der Waals surface area contributed by atoms with Gasteiger partial charge in [-0.05, 0) is 19.3 Å². The molecular weight excluding hydrogens is 151 g/mol. The van der Waals surface area contributed by atoms with Crippen molar-refractivity contribution in [3.8, 4) is 0 Å². The smallest absolute Gasteiger partial charge is 0.423 e. The van der Waals surface area contributed by atoms with E-state index in [0.717, 1.165) is 11.1 Å². The fourth-order valence-corrected chi connectivity index (χ4v) is 1.23. The lowest BCUT2D eigenvalue weighted by atomic mass is 9.74. The van der Waals surface area contributed by atoms with Gasteiger partial charge in [-0.1, -0.05) is 36.8 Å². The molecule has 0 aromatic heterocycles. The number of aryl methyl sites for hydroxylation is 2. The maximum atomic E-state index is 8.94. The minimum atomic E-state index is -1.35. The van der Waals surface area contributed by atoms with E-state index in [-0.39, 0.29) is 7.43 Å². The zero-order valence-corrected chi connectivity index (χ0v) is 6.70. The van der Waals surface area contributed by atoms with Crippen molar-refractivity contribution < 1.29 is 10.0 Å². The first-order chi connectivity index (χ1) is 5.13. The van der Waals surface area contributed by atoms with Gasteiger partial charge in [-0.25, -0.2) is 0 Å². The summed E-state index contributed by atoms with van der Waals surface area (Å²) in [5, 5.41) is 17.9. The second kappa shape index (κ2) is 4.29. The molecule has 0 heterocycles. The van der Waals surface area contributed by atoms with Gasteiger partial charge in [-0.15, -0.1) is 0 Å². The van der Waals surface area contributed by atoms with E-state index in [1.807, 2.05) is 32.0 Å². The van der Waals surface area contributed by atoms with Gasteiger partial charge in [0.25, 0.3) is 0 Å². The van der Waals surface area contributed by atoms with Gasteiger partial charge in [-0.2, -0.15) is 0 Å². The Hall–Kier alpha value is -0.795. The Morgan fingerprint density at radius 3 is 1.75 bits per heavy atom. The van der Waals surface area contributed by atoms with Crippen LogP contribution >= 0.6 is 0 Å². The molecule has 0 radical (unpaired) electrons. The van der Waals surface area contributed by atoms with Gasteiger partial charge in [0, 0.05) is 0 Å². The summed E-state index contributed by atoms with van der Waals surface area (Å²) in [7, 11) is -1.35. The van der Waals surface area contributed by atoms with Gasteiger partial charge < -0.3 is 10.0 Å². The number of benzene rings is 1. The van der Waals surface area contributed by atoms with E-state index in [4.69, 9.17) is 10.0 Å². The molecule has 0 unspecified atom stereocenters. The van der Waals surface area contributed by atoms with Crippen LogP contribution in [0.2, 0.25) is 0 Å². The Kier molecular flexibility index (Phi) is 4.00. The topological polar surface area (TPSA) is 40.5 Å². The van der Waals surface area contributed by atoms with Crippen LogP contribution in [0.3, 0.4) is 0 Å². The van der Waals surface area contributed by atoms with Crippen LogP contribution in [0.15, 0.2) is 18.2 Å². The molecule has 0 bridgehead atoms. The summed E-state index contributed by atoms with van der Waals surface area (Å²) in [6, 6.07) is 5.63. The van der Waals surface area contributed by atoms with Crippen LogP contribution in [0.1, 0.15) is 18.6 Å². The number of hydrogen-bond acceptors (Lipinski definition) is 2. The molecule has 0 aliphatic carbocycles. The van der Waals surface area contributed by atoms with E-state index in [1.54, 1.807) is 0 Å². The fraction of sp³-hybridized carbons (Fsp3) is 0.333. The molecule has 0 fully saturated rings. The SMILES string of the molecule is C.Cc1cccc(C)c1B(O)O. The Morgan fingerprint density at radius 2 is 1.50 bits per heavy atom. The van der Waals surface area contributed by atoms with Crippen molar-refractivity contribution in [3.05, 3.63) is 29.3 Å². The Labute approximate surface area is 74.0 Å². The molecule has 3 heteroatoms. The largest absolute Gasteiger partial charge is 0.488 e. The van der Waals surface area contributed by atoms with E-state index >= 15 is 0 Å². The molecule has 0 amide bonds. The van der Waals surface area contributed by atoms with Crippen LogP contribution in [-0.2, 0) is 0 Å². The average molecular weight is 166 g/mol. The van der Waals surface area contributed by atoms with Crippen LogP contribution in [0.25, 0.3) is 0 Å². The van der Waals surface area contributed by atoms with Crippen molar-refractivity contribution in [1.29, 1.82) is 0 Å². The molecule has 0 saturated carbocycles. The number of hydrogen-bond donors (Lipinski definition) is 2. The van der Waals surface area contributed by atoms with Gasteiger partial charge >= 0.3 is 7.12 Å². The molecular formula is C9H15BO2. The predicted octanol–water partition coefficient (Wildman–Crippen LogP) is 0.619. The normalized spacial score (nSPS) is 9.00. The average Bonchev–Trinajstić information content (AvgIpc) is 1.85. The van der Waals surface area contributed by atoms with Crippen molar-refractivity contribution in [2.24, 2.45) is 0 Å². The van der Waals surface area contributed by atoms with Gasteiger partial charge in [0.2, 0.25) is 0 Å². The highest BCUT2D eigenvalue weighted by atomic mass is 16.4. The quantitative estimate of drug-likeness (QED) is 0.600. The van der Waals surface area contributed by atoms with Crippen molar-refractivity contribution in [2.45, 2.75) is 21.3 Å². The zero-order chi connectivity index (χ0) is 8.43. The lowest BCUT2D eigenvalue weighted by molar-refractivity contribution is 0.425. The maximum Gasteiger partial charge on any atom is 0.488 e. The summed E-state index contributed by atoms with van der Waals surface area (Å²) < 4.78 is 0. The van der Waals surface area contributed by atoms with Gasteiger partial charge in [0.1, 0.15) is 0 Å². The molecule has 1 aromatic carbocycles. The summed E-state index contributed by atoms with van der Waals surface area (Å²) in [5.41, 5.74) is 2.45. The summed E-state index contributed by atoms with van der Waals surface area (Å²) in [6.07, 6.45) is 0. The van der Waals surface area contributed by atoms with Gasteiger partial charge in [0.15, 0.2) is 0 Å². The highest BCUT2D eigenvalue weighted by Crippen LogP contribution is 1.99. The first-order valence-electron chi connectivity index (χ1n) is 3.55. The fourth-order valence-electron chi connectivity index (χ4n) is 1.23. The molecule has 12 heavy (non-hydrogen) atoms. The molecule has 1 rings (SSSR count). The Bertz CT molecular complexity index is 238. The molecule has 0 saturated heterocycles. The van der Waals surface area contributed by atoms with Crippen molar-refractivity contribution in [1.82, 2.24) is 0 Å². The van der Waals surface area contributed by atoms with Crippen LogP contribution in [0.5, 0.6) is 0 Å². The van der Waals surface area contributed by atoms with Crippen LogP contribution in [0.4, 0.5) is 0 Å². The summed E-state index contributed by atoms with van der Waals surface area (Å²) in [6.45, 7) is 3.73. The van der Waals surface area contributed by atoms with Crippen molar-refractivity contribution >= 4 is 12.6 Å². The monoisotopic (exact) mass is 166 g/mol. The minimum Gasteiger partial charge on any atom is -0.423 e. The minimum absolute atomic E-state index is 0. The van der Waals surface area contributed by atoms with E-state index in [0.29, 0.717) is 5.46 Å². The van der Waals surface area contributed by atoms with E-state index < -0.39 is 7.12 Å². The van der Waals surface area contributed by atoms with Crippen LogP contribution in [0, 0.1) is 13.8 Å². The van der Waals surface area contributed by atoms with Crippen LogP contribution < -0.4 is 5.46 Å². The highest BCUT2D eigenvalue weighted by Gasteiger charge is 2.15. The van der Waals surface area contributed by atoms with Crippen molar-refractivity contribution in [2.75, 3.05) is 0 Å². The second-order valence-electron chi connectivity index (χ2n) is 2.68. The first kappa shape index (κ1) is 11.2. The van der Waals surface area contributed by atoms with Gasteiger partial charge in [-0.3, -0.25) is 0 Å². The number of rotatable bonds is 1. The second-order valence-corrected chi connectivity index (χ2v) is 2.68. The molecule has 66 valence electrons. The molecule has 2 N–H and O–H groups in total. The third kappa shape index (κ3) is 2.09. The zero-order valence-electron chi connectivity index (χ0n) is 6.70. The maximum absolute atomic E-state index is 8.94. The standard InChI is InChI=1S/C8H11BO2.CH4/c1-6-4-3-5-7(2)8(6)9(10)11;/h3-5,10-11H,1-2H3;1H4. The molecule has 2 nitrogen and oxygen atoms in total. The third-order valence-corrected chi connectivity index (χ3v) is 1.80. The Morgan fingerprint density at radius 1 is 1.08 bits per heavy atom. The lowest BCUT2D eigenvalue weighted by Crippen LogP contribution is -2.34. The molecule has 0 aliphatic rings. The predicted molar refractivity (Wildman–Crippen MR) is 52.5 cm³/mol. The van der Waals surface area contributed by atoms with E-state index in [1.165, 1.54) is 0 Å². The van der Waals surface area contributed by atoms with Crippen LogP contribution in [-0.4, -0.2) is 17.2 Å². The summed E-state index contributed by atoms with van der Waals surface area (Å²) in [4.78, 5) is 0. The van der Waals surface area contributed by atoms with E-state index in [9.17, 15) is 0 Å². The summed E-state index contributed by atoms with van der Waals surface area (Å²) >= 11 is 0. The van der Waals surface area contributed by atoms with E-state index in [2.05, 4.69) is 0 Å². The van der Waals surface area contributed by atoms with Crippen molar-refractivity contribution in [3.63, 3.8) is 0 Å². The lowest BCUT2D eigenvalue weighted by Gasteiger charge is -2.06. The Balaban J connectivity index is 0.00000121. The molecule has 1 aromatic rings. The molecule has 0 aliphatic heterocycles. The summed E-state index contributed by atoms with van der Waals surface area (Å²) in [5.74, 6) is 0. The molecule has 0 atom stereocenters. The highest BCUT2D eigenvalue weighted by molar-refractivity contribution is 6.59. The third-order valence-electron chi connectivity index (χ3n) is 1.80. The molecule has 0 spiro atoms. The van der Waals surface area contributed by atoms with Gasteiger partial charge in [0.05, 0.1) is 0 Å².